The Morgan fingerprint density at radius 2 is 1.64 bits per heavy atom. The normalized spacial score (nSPS) is 17.2. The van der Waals surface area contributed by atoms with Crippen LogP contribution < -0.4 is 5.32 Å². The maximum absolute atomic E-state index is 12.8. The molecule has 1 amide bonds. The van der Waals surface area contributed by atoms with Crippen molar-refractivity contribution in [2.45, 2.75) is 17.9 Å². The molecule has 1 aliphatic heterocycles. The number of nitrogens with one attached hydrogen (secondary N) is 1. The predicted molar refractivity (Wildman–Crippen MR) is 110 cm³/mol. The average Bonchev–Trinajstić information content (AvgIpc) is 2.69. The molecule has 8 heteroatoms. The third kappa shape index (κ3) is 4.91. The number of hydrogen-bond acceptors (Lipinski definition) is 4. The number of carbonyl (C=O) groups excluding carboxylic acids is 1. The van der Waals surface area contributed by atoms with Crippen molar-refractivity contribution in [3.63, 3.8) is 0 Å². The highest BCUT2D eigenvalue weighted by molar-refractivity contribution is 7.89. The van der Waals surface area contributed by atoms with Gasteiger partial charge in [0, 0.05) is 26.2 Å². The van der Waals surface area contributed by atoms with Crippen LogP contribution in [-0.2, 0) is 14.8 Å². The number of rotatable bonds is 6. The fourth-order valence-electron chi connectivity index (χ4n) is 3.24. The van der Waals surface area contributed by atoms with Gasteiger partial charge in [-0.15, -0.1) is 0 Å². The Bertz CT molecular complexity index is 913. The van der Waals surface area contributed by atoms with Gasteiger partial charge in [-0.2, -0.15) is 4.31 Å². The third-order valence-electron chi connectivity index (χ3n) is 4.83. The fourth-order valence-corrected chi connectivity index (χ4v) is 5.15. The van der Waals surface area contributed by atoms with E-state index in [9.17, 15) is 13.2 Å². The van der Waals surface area contributed by atoms with Gasteiger partial charge in [0.05, 0.1) is 17.6 Å². The van der Waals surface area contributed by atoms with Gasteiger partial charge in [0.25, 0.3) is 0 Å². The molecule has 2 aromatic carbocycles. The molecule has 0 spiro atoms. The van der Waals surface area contributed by atoms with E-state index >= 15 is 0 Å². The molecular formula is C20H24ClN3O3S. The molecular weight excluding hydrogens is 398 g/mol. The van der Waals surface area contributed by atoms with Crippen molar-refractivity contribution in [1.29, 1.82) is 0 Å². The van der Waals surface area contributed by atoms with E-state index in [4.69, 9.17) is 11.6 Å². The molecule has 0 aliphatic carbocycles. The Morgan fingerprint density at radius 3 is 2.29 bits per heavy atom. The first-order valence-corrected chi connectivity index (χ1v) is 11.0. The van der Waals surface area contributed by atoms with E-state index in [1.54, 1.807) is 18.2 Å². The van der Waals surface area contributed by atoms with Crippen LogP contribution in [0.5, 0.6) is 0 Å². The predicted octanol–water partition coefficient (Wildman–Crippen LogP) is 2.52. The maximum atomic E-state index is 12.8. The highest BCUT2D eigenvalue weighted by Gasteiger charge is 2.30. The molecule has 1 N–H and O–H groups in total. The van der Waals surface area contributed by atoms with Crippen LogP contribution in [0.3, 0.4) is 0 Å². The highest BCUT2D eigenvalue weighted by atomic mass is 35.5. The molecule has 0 saturated carbocycles. The molecule has 1 atom stereocenters. The summed E-state index contributed by atoms with van der Waals surface area (Å²) in [4.78, 5) is 14.4. The Balaban J connectivity index is 1.53. The van der Waals surface area contributed by atoms with Crippen molar-refractivity contribution in [1.82, 2.24) is 14.5 Å². The summed E-state index contributed by atoms with van der Waals surface area (Å²) in [5.41, 5.74) is 1.05. The molecule has 0 bridgehead atoms. The number of carbonyl (C=O) groups is 1. The second-order valence-corrected chi connectivity index (χ2v) is 9.12. The minimum Gasteiger partial charge on any atom is -0.348 e. The van der Waals surface area contributed by atoms with Gasteiger partial charge in [-0.3, -0.25) is 9.69 Å². The van der Waals surface area contributed by atoms with Gasteiger partial charge in [-0.25, -0.2) is 8.42 Å². The summed E-state index contributed by atoms with van der Waals surface area (Å²) in [5, 5.41) is 3.21. The first-order valence-electron chi connectivity index (χ1n) is 9.19. The fraction of sp³-hybridized carbons (Fsp3) is 0.350. The lowest BCUT2D eigenvalue weighted by Crippen LogP contribution is -2.51. The maximum Gasteiger partial charge on any atom is 0.244 e. The van der Waals surface area contributed by atoms with Crippen LogP contribution in [0.25, 0.3) is 0 Å². The number of amides is 1. The first-order chi connectivity index (χ1) is 13.4. The van der Waals surface area contributed by atoms with Gasteiger partial charge in [0.15, 0.2) is 0 Å². The van der Waals surface area contributed by atoms with Crippen molar-refractivity contribution in [2.24, 2.45) is 0 Å². The molecule has 0 aromatic heterocycles. The SMILES string of the molecule is C[C@H](NC(=O)CN1CCN(S(=O)(=O)c2ccccc2Cl)CC1)c1ccccc1. The smallest absolute Gasteiger partial charge is 0.244 e. The monoisotopic (exact) mass is 421 g/mol. The molecule has 150 valence electrons. The van der Waals surface area contributed by atoms with Crippen LogP contribution in [0, 0.1) is 0 Å². The van der Waals surface area contributed by atoms with Gasteiger partial charge in [0.2, 0.25) is 15.9 Å². The zero-order valence-corrected chi connectivity index (χ0v) is 17.3. The van der Waals surface area contributed by atoms with E-state index in [0.717, 1.165) is 5.56 Å². The van der Waals surface area contributed by atoms with Gasteiger partial charge >= 0.3 is 0 Å². The van der Waals surface area contributed by atoms with E-state index in [1.807, 2.05) is 42.2 Å². The Morgan fingerprint density at radius 1 is 1.04 bits per heavy atom. The van der Waals surface area contributed by atoms with Gasteiger partial charge in [-0.05, 0) is 24.6 Å². The molecule has 1 heterocycles. The summed E-state index contributed by atoms with van der Waals surface area (Å²) < 4.78 is 27.0. The average molecular weight is 422 g/mol. The van der Waals surface area contributed by atoms with E-state index in [-0.39, 0.29) is 28.4 Å². The highest BCUT2D eigenvalue weighted by Crippen LogP contribution is 2.25. The largest absolute Gasteiger partial charge is 0.348 e. The first kappa shape index (κ1) is 20.8. The molecule has 0 radical (unpaired) electrons. The number of halogens is 1. The Hall–Kier alpha value is -1.93. The van der Waals surface area contributed by atoms with E-state index in [2.05, 4.69) is 5.32 Å². The van der Waals surface area contributed by atoms with Crippen LogP contribution in [0.15, 0.2) is 59.5 Å². The summed E-state index contributed by atoms with van der Waals surface area (Å²) >= 11 is 6.06. The number of piperazine rings is 1. The van der Waals surface area contributed by atoms with Crippen LogP contribution in [-0.4, -0.2) is 56.3 Å². The number of nitrogens with zero attached hydrogens (tertiary/aromatic N) is 2. The second kappa shape index (κ2) is 9.05. The molecule has 1 saturated heterocycles. The number of sulfonamides is 1. The van der Waals surface area contributed by atoms with Crippen LogP contribution in [0.4, 0.5) is 0 Å². The van der Waals surface area contributed by atoms with Crippen LogP contribution >= 0.6 is 11.6 Å². The van der Waals surface area contributed by atoms with Gasteiger partial charge in [-0.1, -0.05) is 54.1 Å². The van der Waals surface area contributed by atoms with Crippen LogP contribution in [0.1, 0.15) is 18.5 Å². The van der Waals surface area contributed by atoms with E-state index < -0.39 is 10.0 Å². The molecule has 1 aliphatic rings. The second-order valence-electron chi connectivity index (χ2n) is 6.81. The summed E-state index contributed by atoms with van der Waals surface area (Å²) in [7, 11) is -3.63. The molecule has 1 fully saturated rings. The lowest BCUT2D eigenvalue weighted by atomic mass is 10.1. The summed E-state index contributed by atoms with van der Waals surface area (Å²) in [6.45, 7) is 3.84. The Labute approximate surface area is 171 Å². The topological polar surface area (TPSA) is 69.7 Å². The standard InChI is InChI=1S/C20H24ClN3O3S/c1-16(17-7-3-2-4-8-17)22-20(25)15-23-11-13-24(14-12-23)28(26,27)19-10-6-5-9-18(19)21/h2-10,16H,11-15H2,1H3,(H,22,25)/t16-/m0/s1. The number of benzene rings is 2. The van der Waals surface area contributed by atoms with Crippen molar-refractivity contribution in [3.05, 3.63) is 65.2 Å². The van der Waals surface area contributed by atoms with Crippen molar-refractivity contribution >= 4 is 27.5 Å². The minimum atomic E-state index is -3.63. The van der Waals surface area contributed by atoms with Crippen LogP contribution in [0.2, 0.25) is 5.02 Å². The van der Waals surface area contributed by atoms with Gasteiger partial charge in [0.1, 0.15) is 4.90 Å². The lowest BCUT2D eigenvalue weighted by molar-refractivity contribution is -0.123. The zero-order chi connectivity index (χ0) is 20.1. The molecule has 28 heavy (non-hydrogen) atoms. The summed E-state index contributed by atoms with van der Waals surface area (Å²) in [6, 6.07) is 16.1. The summed E-state index contributed by atoms with van der Waals surface area (Å²) in [6.07, 6.45) is 0. The zero-order valence-electron chi connectivity index (χ0n) is 15.7. The minimum absolute atomic E-state index is 0.0706. The quantitative estimate of drug-likeness (QED) is 0.778. The number of hydrogen-bond donors (Lipinski definition) is 1. The van der Waals surface area contributed by atoms with E-state index in [1.165, 1.54) is 10.4 Å². The van der Waals surface area contributed by atoms with E-state index in [0.29, 0.717) is 26.2 Å². The van der Waals surface area contributed by atoms with Crippen molar-refractivity contribution < 1.29 is 13.2 Å². The Kier molecular flexibility index (Phi) is 6.72. The molecule has 0 unspecified atom stereocenters. The van der Waals surface area contributed by atoms with Crippen molar-refractivity contribution in [3.8, 4) is 0 Å². The molecule has 2 aromatic rings. The lowest BCUT2D eigenvalue weighted by Gasteiger charge is -2.33. The third-order valence-corrected chi connectivity index (χ3v) is 7.23. The molecule has 3 rings (SSSR count). The summed E-state index contributed by atoms with van der Waals surface area (Å²) in [5.74, 6) is -0.0706. The van der Waals surface area contributed by atoms with Gasteiger partial charge < -0.3 is 5.32 Å². The van der Waals surface area contributed by atoms with Crippen molar-refractivity contribution in [2.75, 3.05) is 32.7 Å². The molecule has 6 nitrogen and oxygen atoms in total.